The summed E-state index contributed by atoms with van der Waals surface area (Å²) >= 11 is 0. The molecule has 3 N–H and O–H groups in total. The van der Waals surface area contributed by atoms with Crippen LogP contribution >= 0.6 is 0 Å². The highest BCUT2D eigenvalue weighted by Crippen LogP contribution is 2.34. The molecular weight excluding hydrogens is 474 g/mol. The molecule has 11 heteroatoms. The van der Waals surface area contributed by atoms with Crippen LogP contribution in [0.1, 0.15) is 40.1 Å². The van der Waals surface area contributed by atoms with Gasteiger partial charge in [0.1, 0.15) is 22.8 Å². The van der Waals surface area contributed by atoms with Crippen LogP contribution in [0.3, 0.4) is 0 Å². The summed E-state index contributed by atoms with van der Waals surface area (Å²) < 4.78 is 0. The molecule has 1 aliphatic carbocycles. The van der Waals surface area contributed by atoms with Crippen molar-refractivity contribution in [3.05, 3.63) is 69.3 Å². The van der Waals surface area contributed by atoms with Crippen LogP contribution in [0.5, 0.6) is 0 Å². The van der Waals surface area contributed by atoms with Gasteiger partial charge < -0.3 is 20.9 Å². The smallest absolute Gasteiger partial charge is 0.292 e. The molecule has 1 aromatic heterocycles. The Morgan fingerprint density at radius 2 is 1.76 bits per heavy atom. The minimum atomic E-state index is -0.423. The Morgan fingerprint density at radius 3 is 2.49 bits per heavy atom. The summed E-state index contributed by atoms with van der Waals surface area (Å²) in [5.74, 6) is -0.724. The molecule has 2 aliphatic heterocycles. The van der Waals surface area contributed by atoms with E-state index in [2.05, 4.69) is 25.0 Å². The lowest BCUT2D eigenvalue weighted by Gasteiger charge is -2.36. The second kappa shape index (κ2) is 10.6. The Bertz CT molecular complexity index is 1250. The number of allylic oxidation sites excluding steroid dienone is 2. The summed E-state index contributed by atoms with van der Waals surface area (Å²) in [5, 5.41) is 14.6. The summed E-state index contributed by atoms with van der Waals surface area (Å²) in [6, 6.07) is 8.68. The molecule has 194 valence electrons. The van der Waals surface area contributed by atoms with Crippen molar-refractivity contribution in [3.8, 4) is 0 Å². The summed E-state index contributed by atoms with van der Waals surface area (Å²) in [7, 11) is 0. The van der Waals surface area contributed by atoms with E-state index in [9.17, 15) is 19.7 Å². The summed E-state index contributed by atoms with van der Waals surface area (Å²) in [6.45, 7) is 6.49. The number of piperazine rings is 1. The van der Waals surface area contributed by atoms with Crippen molar-refractivity contribution in [3.63, 3.8) is 0 Å². The van der Waals surface area contributed by atoms with E-state index in [1.165, 1.54) is 6.20 Å². The number of aromatic nitrogens is 1. The van der Waals surface area contributed by atoms with Crippen LogP contribution in [0, 0.1) is 10.1 Å². The Labute approximate surface area is 215 Å². The van der Waals surface area contributed by atoms with Gasteiger partial charge in [-0.15, -0.1) is 0 Å². The van der Waals surface area contributed by atoms with Gasteiger partial charge in [0, 0.05) is 63.8 Å². The lowest BCUT2D eigenvalue weighted by molar-refractivity contribution is -0.384. The van der Waals surface area contributed by atoms with E-state index < -0.39 is 5.78 Å². The number of nitro benzene ring substituents is 1. The van der Waals surface area contributed by atoms with E-state index >= 15 is 0 Å². The molecule has 37 heavy (non-hydrogen) atoms. The molecule has 5 rings (SSSR count). The topological polar surface area (TPSA) is 138 Å². The van der Waals surface area contributed by atoms with E-state index in [0.29, 0.717) is 6.54 Å². The number of fused-ring (bicyclic) bond motifs is 1. The average molecular weight is 506 g/mol. The lowest BCUT2D eigenvalue weighted by atomic mass is 9.94. The molecule has 0 radical (unpaired) electrons. The predicted molar refractivity (Wildman–Crippen MR) is 140 cm³/mol. The molecule has 0 amide bonds. The van der Waals surface area contributed by atoms with E-state index in [0.717, 1.165) is 76.5 Å². The van der Waals surface area contributed by atoms with Crippen LogP contribution < -0.4 is 20.9 Å². The molecule has 2 saturated heterocycles. The van der Waals surface area contributed by atoms with Crippen LogP contribution in [-0.2, 0) is 0 Å². The van der Waals surface area contributed by atoms with Gasteiger partial charge >= 0.3 is 0 Å². The molecule has 3 heterocycles. The van der Waals surface area contributed by atoms with Gasteiger partial charge in [-0.05, 0) is 50.1 Å². The molecule has 0 atom stereocenters. The van der Waals surface area contributed by atoms with E-state index in [-0.39, 0.29) is 39.0 Å². The van der Waals surface area contributed by atoms with Crippen molar-refractivity contribution < 1.29 is 14.5 Å². The third-order valence-electron chi connectivity index (χ3n) is 7.30. The number of nitro groups is 1. The number of ketones is 2. The zero-order valence-electron chi connectivity index (χ0n) is 20.7. The van der Waals surface area contributed by atoms with E-state index in [1.54, 1.807) is 18.2 Å². The molecule has 0 unspecified atom stereocenters. The monoisotopic (exact) mass is 505 g/mol. The van der Waals surface area contributed by atoms with Crippen molar-refractivity contribution in [2.45, 2.75) is 19.3 Å². The Balaban J connectivity index is 1.12. The molecular formula is C26H31N7O4. The molecule has 3 aliphatic rings. The largest absolute Gasteiger partial charge is 0.394 e. The predicted octanol–water partition coefficient (Wildman–Crippen LogP) is 1.94. The fourth-order valence-corrected chi connectivity index (χ4v) is 5.26. The number of anilines is 2. The van der Waals surface area contributed by atoms with Gasteiger partial charge in [0.25, 0.3) is 5.69 Å². The first-order valence-electron chi connectivity index (χ1n) is 12.7. The lowest BCUT2D eigenvalue weighted by Crippen LogP contribution is -2.47. The Hall–Kier alpha value is -3.99. The first-order valence-corrected chi connectivity index (χ1v) is 12.7. The number of nitrogens with one attached hydrogen (secondary N) is 1. The fraction of sp³-hybridized carbons (Fsp3) is 0.423. The second-order valence-corrected chi connectivity index (χ2v) is 9.58. The second-order valence-electron chi connectivity index (χ2n) is 9.58. The molecule has 2 fully saturated rings. The zero-order valence-corrected chi connectivity index (χ0v) is 20.7. The highest BCUT2D eigenvalue weighted by Gasteiger charge is 2.31. The van der Waals surface area contributed by atoms with E-state index in [4.69, 9.17) is 5.73 Å². The van der Waals surface area contributed by atoms with Crippen LogP contribution in [0.4, 0.5) is 17.1 Å². The fourth-order valence-electron chi connectivity index (χ4n) is 5.26. The van der Waals surface area contributed by atoms with Gasteiger partial charge in [0.15, 0.2) is 0 Å². The number of nitrogens with zero attached hydrogens (tertiary/aromatic N) is 5. The van der Waals surface area contributed by atoms with Gasteiger partial charge in [0.05, 0.1) is 10.5 Å². The van der Waals surface area contributed by atoms with Gasteiger partial charge in [-0.1, -0.05) is 0 Å². The Morgan fingerprint density at radius 1 is 1.00 bits per heavy atom. The maximum absolute atomic E-state index is 12.8. The number of pyridine rings is 1. The molecule has 11 nitrogen and oxygen atoms in total. The van der Waals surface area contributed by atoms with Crippen molar-refractivity contribution in [2.75, 3.05) is 62.2 Å². The van der Waals surface area contributed by atoms with Gasteiger partial charge in [0.2, 0.25) is 11.6 Å². The summed E-state index contributed by atoms with van der Waals surface area (Å²) in [5.41, 5.74) is 8.32. The Kier molecular flexibility index (Phi) is 7.04. The number of rotatable bonds is 8. The van der Waals surface area contributed by atoms with Gasteiger partial charge in [-0.25, -0.2) is 0 Å². The van der Waals surface area contributed by atoms with Crippen LogP contribution in [0.2, 0.25) is 0 Å². The molecule has 1 aromatic carbocycles. The molecule has 0 bridgehead atoms. The van der Waals surface area contributed by atoms with Crippen molar-refractivity contribution in [1.82, 2.24) is 15.2 Å². The maximum Gasteiger partial charge on any atom is 0.292 e. The van der Waals surface area contributed by atoms with Crippen molar-refractivity contribution in [2.24, 2.45) is 5.73 Å². The quantitative estimate of drug-likeness (QED) is 0.311. The highest BCUT2D eigenvalue weighted by atomic mass is 16.6. The van der Waals surface area contributed by atoms with Crippen molar-refractivity contribution in [1.29, 1.82) is 0 Å². The minimum Gasteiger partial charge on any atom is -0.394 e. The first-order chi connectivity index (χ1) is 17.9. The number of Topliss-reactive ketones (excluding diaryl/α,β-unsaturated/α-hetero) is 2. The number of carbonyl (C=O) groups excluding carboxylic acids is 2. The van der Waals surface area contributed by atoms with Gasteiger partial charge in [-0.2, -0.15) is 0 Å². The zero-order chi connectivity index (χ0) is 25.9. The highest BCUT2D eigenvalue weighted by molar-refractivity contribution is 6.25. The number of hydrogen-bond acceptors (Lipinski definition) is 10. The minimum absolute atomic E-state index is 0.0822. The first kappa shape index (κ1) is 24.7. The maximum atomic E-state index is 12.8. The number of nitrogens with two attached hydrogens (primary N) is 1. The van der Waals surface area contributed by atoms with Crippen LogP contribution in [0.15, 0.2) is 47.9 Å². The third-order valence-corrected chi connectivity index (χ3v) is 7.30. The van der Waals surface area contributed by atoms with Crippen LogP contribution in [-0.4, -0.2) is 78.7 Å². The van der Waals surface area contributed by atoms with Crippen molar-refractivity contribution >= 4 is 28.6 Å². The third kappa shape index (κ3) is 4.99. The average Bonchev–Trinajstić information content (AvgIpc) is 3.46. The molecule has 2 aromatic rings. The number of hydrogen-bond donors (Lipinski definition) is 2. The standard InChI is InChI=1S/C26H31N7O4/c27-22-24(25(34)19-5-3-8-28-23(19)26(22)35)29-9-4-10-30-13-15-31(16-14-30)18-6-7-20(33(36)37)21(17-18)32-11-1-2-12-32/h3,5-8,17,29H,1-2,4,9-16,27H2. The summed E-state index contributed by atoms with van der Waals surface area (Å²) in [4.78, 5) is 47.2. The molecule has 0 saturated carbocycles. The number of carbonyl (C=O) groups is 2. The molecule has 0 spiro atoms. The van der Waals surface area contributed by atoms with Gasteiger partial charge in [-0.3, -0.25) is 29.6 Å². The van der Waals surface area contributed by atoms with E-state index in [1.807, 2.05) is 12.1 Å². The normalized spacial score (nSPS) is 18.4. The number of benzene rings is 1. The SMILES string of the molecule is NC1=C(NCCCN2CCN(c3ccc([N+](=O)[O-])c(N4CCCC4)c3)CC2)C(=O)c2cccnc2C1=O. The summed E-state index contributed by atoms with van der Waals surface area (Å²) in [6.07, 6.45) is 4.39. The van der Waals surface area contributed by atoms with Crippen LogP contribution in [0.25, 0.3) is 0 Å².